The summed E-state index contributed by atoms with van der Waals surface area (Å²) in [5, 5.41) is 6.74. The fourth-order valence-corrected chi connectivity index (χ4v) is 5.55. The van der Waals surface area contributed by atoms with Gasteiger partial charge >= 0.3 is 0 Å². The highest BCUT2D eigenvalue weighted by Gasteiger charge is 2.31. The van der Waals surface area contributed by atoms with E-state index < -0.39 is 10.0 Å². The third kappa shape index (κ3) is 4.26. The number of rotatable bonds is 6. The summed E-state index contributed by atoms with van der Waals surface area (Å²) >= 11 is 1.59. The Bertz CT molecular complexity index is 1090. The van der Waals surface area contributed by atoms with Crippen molar-refractivity contribution < 1.29 is 13.2 Å². The van der Waals surface area contributed by atoms with Crippen molar-refractivity contribution in [3.05, 3.63) is 59.6 Å². The molecule has 1 fully saturated rings. The van der Waals surface area contributed by atoms with Gasteiger partial charge in [-0.2, -0.15) is 9.40 Å². The predicted molar refractivity (Wildman–Crippen MR) is 113 cm³/mol. The van der Waals surface area contributed by atoms with Gasteiger partial charge in [-0.05, 0) is 30.0 Å². The first-order valence-corrected chi connectivity index (χ1v) is 11.8. The van der Waals surface area contributed by atoms with Crippen molar-refractivity contribution in [3.63, 3.8) is 0 Å². The van der Waals surface area contributed by atoms with Crippen molar-refractivity contribution in [1.29, 1.82) is 0 Å². The molecule has 0 radical (unpaired) electrons. The zero-order chi connectivity index (χ0) is 20.4. The van der Waals surface area contributed by atoms with Crippen LogP contribution in [0.3, 0.4) is 0 Å². The van der Waals surface area contributed by atoms with Gasteiger partial charge in [-0.15, -0.1) is 11.3 Å². The minimum absolute atomic E-state index is 0.111. The predicted octanol–water partition coefficient (Wildman–Crippen LogP) is 2.59. The van der Waals surface area contributed by atoms with E-state index in [9.17, 15) is 13.2 Å². The van der Waals surface area contributed by atoms with E-state index >= 15 is 0 Å². The number of amides is 1. The molecule has 4 rings (SSSR count). The van der Waals surface area contributed by atoms with Crippen molar-refractivity contribution in [2.75, 3.05) is 25.9 Å². The minimum atomic E-state index is -3.29. The van der Waals surface area contributed by atoms with E-state index in [0.717, 1.165) is 21.8 Å². The monoisotopic (exact) mass is 430 g/mol. The van der Waals surface area contributed by atoms with E-state index in [4.69, 9.17) is 5.10 Å². The highest BCUT2D eigenvalue weighted by molar-refractivity contribution is 7.89. The fourth-order valence-electron chi connectivity index (χ4n) is 3.34. The van der Waals surface area contributed by atoms with E-state index in [2.05, 4.69) is 0 Å². The molecule has 0 unspecified atom stereocenters. The summed E-state index contributed by atoms with van der Waals surface area (Å²) in [6, 6.07) is 13.8. The molecule has 9 heteroatoms. The molecule has 2 aromatic heterocycles. The summed E-state index contributed by atoms with van der Waals surface area (Å²) in [6.07, 6.45) is 2.51. The Balaban J connectivity index is 1.57. The largest absolute Gasteiger partial charge is 0.340 e. The van der Waals surface area contributed by atoms with Gasteiger partial charge in [0.25, 0.3) is 0 Å². The summed E-state index contributed by atoms with van der Waals surface area (Å²) in [4.78, 5) is 15.3. The van der Waals surface area contributed by atoms with Gasteiger partial charge in [0.15, 0.2) is 0 Å². The Labute approximate surface area is 174 Å². The summed E-state index contributed by atoms with van der Waals surface area (Å²) in [5.41, 5.74) is 2.68. The number of benzene rings is 1. The maximum Gasteiger partial charge on any atom is 0.237 e. The Morgan fingerprint density at radius 3 is 2.66 bits per heavy atom. The van der Waals surface area contributed by atoms with Crippen LogP contribution in [0.25, 0.3) is 16.3 Å². The molecule has 0 aliphatic carbocycles. The van der Waals surface area contributed by atoms with Crippen molar-refractivity contribution in [2.24, 2.45) is 0 Å². The molecular formula is C20H22N4O3S2. The number of nitrogens with zero attached hydrogens (tertiary/aromatic N) is 4. The molecule has 1 aliphatic heterocycles. The van der Waals surface area contributed by atoms with Gasteiger partial charge < -0.3 is 4.90 Å². The Hall–Kier alpha value is -2.49. The molecule has 0 spiro atoms. The van der Waals surface area contributed by atoms with Gasteiger partial charge in [0, 0.05) is 31.9 Å². The first-order chi connectivity index (χ1) is 13.9. The van der Waals surface area contributed by atoms with E-state index in [1.54, 1.807) is 23.3 Å². The number of hydrogen-bond donors (Lipinski definition) is 0. The number of aromatic nitrogens is 2. The lowest BCUT2D eigenvalue weighted by atomic mass is 10.2. The molecule has 1 aromatic carbocycles. The van der Waals surface area contributed by atoms with Crippen molar-refractivity contribution in [2.45, 2.75) is 13.0 Å². The van der Waals surface area contributed by atoms with E-state index in [-0.39, 0.29) is 18.2 Å². The normalized spacial score (nSPS) is 16.2. The first-order valence-electron chi connectivity index (χ1n) is 9.34. The van der Waals surface area contributed by atoms with Gasteiger partial charge in [-0.1, -0.05) is 24.3 Å². The Morgan fingerprint density at radius 2 is 2.00 bits per heavy atom. The topological polar surface area (TPSA) is 75.5 Å². The van der Waals surface area contributed by atoms with Gasteiger partial charge in [0.05, 0.1) is 22.9 Å². The van der Waals surface area contributed by atoms with Crippen LogP contribution in [0.4, 0.5) is 0 Å². The molecule has 0 saturated carbocycles. The minimum Gasteiger partial charge on any atom is -0.340 e. The summed E-state index contributed by atoms with van der Waals surface area (Å²) in [7, 11) is -1.60. The molecule has 29 heavy (non-hydrogen) atoms. The van der Waals surface area contributed by atoms with Crippen molar-refractivity contribution >= 4 is 27.3 Å². The highest BCUT2D eigenvalue weighted by atomic mass is 32.2. The van der Waals surface area contributed by atoms with Gasteiger partial charge in [0.1, 0.15) is 5.69 Å². The van der Waals surface area contributed by atoms with E-state index in [0.29, 0.717) is 19.5 Å². The zero-order valence-corrected chi connectivity index (χ0v) is 17.7. The van der Waals surface area contributed by atoms with Gasteiger partial charge in [0.2, 0.25) is 15.9 Å². The molecule has 3 aromatic rings. The molecule has 3 heterocycles. The Kier molecular flexibility index (Phi) is 5.53. The number of sulfonamides is 1. The number of hydrogen-bond acceptors (Lipinski definition) is 5. The molecular weight excluding hydrogens is 408 g/mol. The van der Waals surface area contributed by atoms with Crippen LogP contribution in [-0.4, -0.2) is 59.2 Å². The van der Waals surface area contributed by atoms with Crippen LogP contribution >= 0.6 is 11.3 Å². The summed E-state index contributed by atoms with van der Waals surface area (Å²) < 4.78 is 27.1. The number of carbonyl (C=O) groups excluding carboxylic acids is 1. The van der Waals surface area contributed by atoms with Crippen molar-refractivity contribution in [1.82, 2.24) is 19.0 Å². The molecule has 1 aliphatic rings. The van der Waals surface area contributed by atoms with Crippen LogP contribution in [0.1, 0.15) is 12.0 Å². The zero-order valence-electron chi connectivity index (χ0n) is 16.1. The SMILES string of the molecule is CN(Cc1cn(-c2ccccc2)nc1-c1cccs1)C(=O)CN1CCCS1(=O)=O. The lowest BCUT2D eigenvalue weighted by Gasteiger charge is -2.20. The van der Waals surface area contributed by atoms with E-state index in [1.165, 1.54) is 4.31 Å². The lowest BCUT2D eigenvalue weighted by Crippen LogP contribution is -2.38. The molecule has 7 nitrogen and oxygen atoms in total. The van der Waals surface area contributed by atoms with Crippen LogP contribution in [0.5, 0.6) is 0 Å². The van der Waals surface area contributed by atoms with Gasteiger partial charge in [-0.25, -0.2) is 13.1 Å². The average molecular weight is 431 g/mol. The first kappa shape index (κ1) is 19.8. The molecule has 0 atom stereocenters. The lowest BCUT2D eigenvalue weighted by molar-refractivity contribution is -0.130. The van der Waals surface area contributed by atoms with Crippen LogP contribution in [-0.2, 0) is 21.4 Å². The number of carbonyl (C=O) groups is 1. The second-order valence-electron chi connectivity index (χ2n) is 7.01. The summed E-state index contributed by atoms with van der Waals surface area (Å²) in [6.45, 7) is 0.654. The highest BCUT2D eigenvalue weighted by Crippen LogP contribution is 2.28. The second-order valence-corrected chi connectivity index (χ2v) is 10.0. The maximum absolute atomic E-state index is 12.7. The quantitative estimate of drug-likeness (QED) is 0.602. The molecule has 0 N–H and O–H groups in total. The smallest absolute Gasteiger partial charge is 0.237 e. The van der Waals surface area contributed by atoms with Crippen molar-refractivity contribution in [3.8, 4) is 16.3 Å². The third-order valence-electron chi connectivity index (χ3n) is 4.91. The molecule has 152 valence electrons. The number of thiophene rings is 1. The molecule has 1 saturated heterocycles. The standard InChI is InChI=1S/C20H22N4O3S2/c1-22(19(25)15-23-10-6-12-29(23,26)27)13-16-14-24(17-7-3-2-4-8-17)21-20(16)18-9-5-11-28-18/h2-5,7-9,11,14H,6,10,12-13,15H2,1H3. The van der Waals surface area contributed by atoms with E-state index in [1.807, 2.05) is 58.7 Å². The third-order valence-corrected chi connectivity index (χ3v) is 7.69. The van der Waals surface area contributed by atoms with Gasteiger partial charge in [-0.3, -0.25) is 4.79 Å². The van der Waals surface area contributed by atoms with Crippen LogP contribution < -0.4 is 0 Å². The molecule has 0 bridgehead atoms. The maximum atomic E-state index is 12.7. The summed E-state index contributed by atoms with van der Waals surface area (Å²) in [5.74, 6) is -0.101. The van der Waals surface area contributed by atoms with Crippen LogP contribution in [0.15, 0.2) is 54.0 Å². The van der Waals surface area contributed by atoms with Crippen LogP contribution in [0, 0.1) is 0 Å². The number of likely N-dealkylation sites (N-methyl/N-ethyl adjacent to an activating group) is 1. The fraction of sp³-hybridized carbons (Fsp3) is 0.300. The average Bonchev–Trinajstić information content (AvgIpc) is 3.43. The molecule has 1 amide bonds. The number of para-hydroxylation sites is 1. The van der Waals surface area contributed by atoms with Crippen LogP contribution in [0.2, 0.25) is 0 Å². The second kappa shape index (κ2) is 8.10. The Morgan fingerprint density at radius 1 is 1.21 bits per heavy atom.